The van der Waals surface area contributed by atoms with Crippen molar-refractivity contribution in [2.24, 2.45) is 0 Å². The van der Waals surface area contributed by atoms with Gasteiger partial charge < -0.3 is 5.32 Å². The van der Waals surface area contributed by atoms with Gasteiger partial charge in [0, 0.05) is 6.04 Å². The zero-order chi connectivity index (χ0) is 10.8. The minimum Gasteiger partial charge on any atom is -0.313 e. The Hall–Kier alpha value is -1.08. The summed E-state index contributed by atoms with van der Waals surface area (Å²) in [5, 5.41) is 3.23. The van der Waals surface area contributed by atoms with Crippen molar-refractivity contribution in [3.63, 3.8) is 0 Å². The topological polar surface area (TPSA) is 12.0 Å². The molecule has 0 bridgehead atoms. The molecular formula is C14H19N. The Morgan fingerprint density at radius 3 is 2.80 bits per heavy atom. The third kappa shape index (κ3) is 1.98. The molecule has 1 unspecified atom stereocenters. The summed E-state index contributed by atoms with van der Waals surface area (Å²) in [6.45, 7) is 6.31. The van der Waals surface area contributed by atoms with Gasteiger partial charge in [0.15, 0.2) is 0 Å². The molecule has 15 heavy (non-hydrogen) atoms. The minimum absolute atomic E-state index is 0.351. The molecule has 1 aliphatic rings. The molecule has 1 heteroatoms. The van der Waals surface area contributed by atoms with E-state index in [4.69, 9.17) is 0 Å². The summed E-state index contributed by atoms with van der Waals surface area (Å²) in [6, 6.07) is 7.15. The molecule has 1 aliphatic carbocycles. The van der Waals surface area contributed by atoms with Crippen LogP contribution in [0.3, 0.4) is 0 Å². The van der Waals surface area contributed by atoms with Crippen LogP contribution in [-0.4, -0.2) is 13.1 Å². The predicted molar refractivity (Wildman–Crippen MR) is 66.0 cm³/mol. The van der Waals surface area contributed by atoms with E-state index in [1.807, 2.05) is 7.05 Å². The van der Waals surface area contributed by atoms with Crippen LogP contribution in [0.2, 0.25) is 0 Å². The molecule has 0 radical (unpaired) electrons. The zero-order valence-corrected chi connectivity index (χ0v) is 9.64. The number of hydrogen-bond donors (Lipinski definition) is 1. The van der Waals surface area contributed by atoms with E-state index in [9.17, 15) is 0 Å². The van der Waals surface area contributed by atoms with Gasteiger partial charge in [-0.05, 0) is 55.5 Å². The van der Waals surface area contributed by atoms with Crippen LogP contribution < -0.4 is 5.32 Å². The van der Waals surface area contributed by atoms with E-state index in [1.54, 1.807) is 0 Å². The highest BCUT2D eigenvalue weighted by Crippen LogP contribution is 2.26. The number of aryl methyl sites for hydroxylation is 2. The SMILES string of the molecule is C=C(c1ccc2c(c1)CCC2)C(C)NC. The fraction of sp³-hybridized carbons (Fsp3) is 0.429. The average molecular weight is 201 g/mol. The monoisotopic (exact) mass is 201 g/mol. The quantitative estimate of drug-likeness (QED) is 0.793. The zero-order valence-electron chi connectivity index (χ0n) is 9.64. The second kappa shape index (κ2) is 4.19. The molecule has 0 aromatic heterocycles. The maximum Gasteiger partial charge on any atom is 0.0289 e. The minimum atomic E-state index is 0.351. The van der Waals surface area contributed by atoms with Crippen LogP contribution in [0.5, 0.6) is 0 Å². The van der Waals surface area contributed by atoms with Crippen molar-refractivity contribution < 1.29 is 0 Å². The molecular weight excluding hydrogens is 182 g/mol. The highest BCUT2D eigenvalue weighted by molar-refractivity contribution is 5.68. The smallest absolute Gasteiger partial charge is 0.0289 e. The Labute approximate surface area is 92.2 Å². The van der Waals surface area contributed by atoms with E-state index in [0.29, 0.717) is 6.04 Å². The van der Waals surface area contributed by atoms with Gasteiger partial charge in [0.2, 0.25) is 0 Å². The van der Waals surface area contributed by atoms with Crippen LogP contribution >= 0.6 is 0 Å². The first-order valence-electron chi connectivity index (χ1n) is 5.70. The maximum atomic E-state index is 4.16. The second-order valence-corrected chi connectivity index (χ2v) is 4.37. The summed E-state index contributed by atoms with van der Waals surface area (Å²) in [6.07, 6.45) is 3.81. The van der Waals surface area contributed by atoms with Crippen LogP contribution in [0.15, 0.2) is 24.8 Å². The van der Waals surface area contributed by atoms with E-state index in [1.165, 1.54) is 41.5 Å². The van der Waals surface area contributed by atoms with Crippen LogP contribution in [0.4, 0.5) is 0 Å². The lowest BCUT2D eigenvalue weighted by Crippen LogP contribution is -2.22. The molecule has 1 aromatic rings. The highest BCUT2D eigenvalue weighted by atomic mass is 14.9. The molecule has 2 rings (SSSR count). The third-order valence-electron chi connectivity index (χ3n) is 3.42. The van der Waals surface area contributed by atoms with E-state index < -0.39 is 0 Å². The van der Waals surface area contributed by atoms with Gasteiger partial charge >= 0.3 is 0 Å². The van der Waals surface area contributed by atoms with Crippen molar-refractivity contribution in [2.45, 2.75) is 32.2 Å². The third-order valence-corrected chi connectivity index (χ3v) is 3.42. The number of hydrogen-bond acceptors (Lipinski definition) is 1. The number of nitrogens with one attached hydrogen (secondary N) is 1. The molecule has 0 spiro atoms. The lowest BCUT2D eigenvalue weighted by molar-refractivity contribution is 0.746. The summed E-state index contributed by atoms with van der Waals surface area (Å²) in [4.78, 5) is 0. The Bertz CT molecular complexity index is 379. The number of rotatable bonds is 3. The number of likely N-dealkylation sites (N-methyl/N-ethyl adjacent to an activating group) is 1. The maximum absolute atomic E-state index is 4.16. The first kappa shape index (κ1) is 10.4. The molecule has 0 saturated carbocycles. The average Bonchev–Trinajstić information content (AvgIpc) is 2.73. The lowest BCUT2D eigenvalue weighted by Gasteiger charge is -2.15. The Morgan fingerprint density at radius 1 is 1.33 bits per heavy atom. The van der Waals surface area contributed by atoms with Gasteiger partial charge in [-0.3, -0.25) is 0 Å². The molecule has 0 fully saturated rings. The number of benzene rings is 1. The van der Waals surface area contributed by atoms with Gasteiger partial charge in [-0.25, -0.2) is 0 Å². The lowest BCUT2D eigenvalue weighted by atomic mass is 9.98. The van der Waals surface area contributed by atoms with Crippen molar-refractivity contribution in [1.82, 2.24) is 5.32 Å². The molecule has 0 heterocycles. The highest BCUT2D eigenvalue weighted by Gasteiger charge is 2.13. The van der Waals surface area contributed by atoms with Crippen molar-refractivity contribution in [3.8, 4) is 0 Å². The molecule has 0 amide bonds. The van der Waals surface area contributed by atoms with Gasteiger partial charge in [-0.15, -0.1) is 0 Å². The molecule has 0 aliphatic heterocycles. The molecule has 1 aromatic carbocycles. The predicted octanol–water partition coefficient (Wildman–Crippen LogP) is 2.80. The Kier molecular flexibility index (Phi) is 2.92. The fourth-order valence-corrected chi connectivity index (χ4v) is 2.20. The van der Waals surface area contributed by atoms with Crippen LogP contribution in [-0.2, 0) is 12.8 Å². The standard InChI is InChI=1S/C14H19N/c1-10(11(2)15-3)13-8-7-12-5-4-6-14(12)9-13/h7-9,11,15H,1,4-6H2,2-3H3. The number of fused-ring (bicyclic) bond motifs is 1. The van der Waals surface area contributed by atoms with Crippen molar-refractivity contribution in [1.29, 1.82) is 0 Å². The normalized spacial score (nSPS) is 16.1. The first-order chi connectivity index (χ1) is 7.22. The largest absolute Gasteiger partial charge is 0.313 e. The Morgan fingerprint density at radius 2 is 2.07 bits per heavy atom. The van der Waals surface area contributed by atoms with E-state index in [2.05, 4.69) is 37.0 Å². The molecule has 0 saturated heterocycles. The summed E-state index contributed by atoms with van der Waals surface area (Å²) in [7, 11) is 1.98. The summed E-state index contributed by atoms with van der Waals surface area (Å²) < 4.78 is 0. The van der Waals surface area contributed by atoms with Crippen LogP contribution in [0.1, 0.15) is 30.0 Å². The molecule has 80 valence electrons. The van der Waals surface area contributed by atoms with Crippen molar-refractivity contribution in [2.75, 3.05) is 7.05 Å². The molecule has 1 nitrogen and oxygen atoms in total. The van der Waals surface area contributed by atoms with E-state index in [0.717, 1.165) is 0 Å². The van der Waals surface area contributed by atoms with Crippen LogP contribution in [0, 0.1) is 0 Å². The van der Waals surface area contributed by atoms with Gasteiger partial charge in [-0.1, -0.05) is 24.8 Å². The van der Waals surface area contributed by atoms with Crippen molar-refractivity contribution in [3.05, 3.63) is 41.5 Å². The van der Waals surface area contributed by atoms with Gasteiger partial charge in [0.25, 0.3) is 0 Å². The summed E-state index contributed by atoms with van der Waals surface area (Å²) >= 11 is 0. The van der Waals surface area contributed by atoms with Gasteiger partial charge in [0.05, 0.1) is 0 Å². The van der Waals surface area contributed by atoms with Crippen molar-refractivity contribution >= 4 is 5.57 Å². The van der Waals surface area contributed by atoms with Crippen LogP contribution in [0.25, 0.3) is 5.57 Å². The van der Waals surface area contributed by atoms with Gasteiger partial charge in [-0.2, -0.15) is 0 Å². The first-order valence-corrected chi connectivity index (χ1v) is 5.70. The Balaban J connectivity index is 2.26. The molecule has 1 atom stereocenters. The van der Waals surface area contributed by atoms with Gasteiger partial charge in [0.1, 0.15) is 0 Å². The fourth-order valence-electron chi connectivity index (χ4n) is 2.20. The summed E-state index contributed by atoms with van der Waals surface area (Å²) in [5.41, 5.74) is 5.53. The summed E-state index contributed by atoms with van der Waals surface area (Å²) in [5.74, 6) is 0. The second-order valence-electron chi connectivity index (χ2n) is 4.37. The van der Waals surface area contributed by atoms with E-state index in [-0.39, 0.29) is 0 Å². The van der Waals surface area contributed by atoms with E-state index >= 15 is 0 Å². The molecule has 1 N–H and O–H groups in total.